The molecule has 162 valence electrons. The summed E-state index contributed by atoms with van der Waals surface area (Å²) in [4.78, 5) is 21.8. The number of rotatable bonds is 10. The van der Waals surface area contributed by atoms with Crippen LogP contribution in [0.25, 0.3) is 5.57 Å². The second-order valence-electron chi connectivity index (χ2n) is 7.06. The Labute approximate surface area is 179 Å². The molecule has 0 saturated heterocycles. The van der Waals surface area contributed by atoms with Gasteiger partial charge in [-0.05, 0) is 30.2 Å². The average Bonchev–Trinajstić information content (AvgIpc) is 2.72. The molecule has 2 rings (SSSR count). The van der Waals surface area contributed by atoms with Gasteiger partial charge in [-0.1, -0.05) is 20.3 Å². The molecule has 0 bridgehead atoms. The molecule has 30 heavy (non-hydrogen) atoms. The topological polar surface area (TPSA) is 128 Å². The van der Waals surface area contributed by atoms with Gasteiger partial charge >= 0.3 is 11.4 Å². The van der Waals surface area contributed by atoms with Gasteiger partial charge in [0.2, 0.25) is 5.36 Å². The van der Waals surface area contributed by atoms with Gasteiger partial charge in [0.15, 0.2) is 0 Å². The van der Waals surface area contributed by atoms with Crippen LogP contribution < -0.4 is 20.3 Å². The highest BCUT2D eigenvalue weighted by Gasteiger charge is 2.31. The summed E-state index contributed by atoms with van der Waals surface area (Å²) in [6, 6.07) is 5.62. The first kappa shape index (κ1) is 23.7. The zero-order valence-electron chi connectivity index (χ0n) is 17.4. The first-order valence-electron chi connectivity index (χ1n) is 10.1. The molecule has 1 aromatic carbocycles. The fraction of sp³-hybridized carbons (Fsp3) is 0.500. The van der Waals surface area contributed by atoms with Gasteiger partial charge in [0.25, 0.3) is 0 Å². The third kappa shape index (κ3) is 5.73. The average molecular weight is 435 g/mol. The SMILES string of the molecule is CCCCC[N+]1=c2cc/c(=C(/C=N/SN)C(=C(/CC)[N+](=O)[O-])\[N+](=O)[O-])cc2CCC1. The summed E-state index contributed by atoms with van der Waals surface area (Å²) < 4.78 is 6.21. The lowest BCUT2D eigenvalue weighted by molar-refractivity contribution is -0.467. The van der Waals surface area contributed by atoms with Gasteiger partial charge < -0.3 is 0 Å². The van der Waals surface area contributed by atoms with Crippen molar-refractivity contribution < 1.29 is 9.85 Å². The molecule has 0 aromatic heterocycles. The van der Waals surface area contributed by atoms with Crippen molar-refractivity contribution in [1.82, 2.24) is 4.58 Å². The third-order valence-electron chi connectivity index (χ3n) is 5.15. The van der Waals surface area contributed by atoms with E-state index in [1.54, 1.807) is 6.07 Å². The molecule has 1 heterocycles. The van der Waals surface area contributed by atoms with Crippen molar-refractivity contribution in [2.75, 3.05) is 13.1 Å². The lowest BCUT2D eigenvalue weighted by Crippen LogP contribution is -2.39. The van der Waals surface area contributed by atoms with Crippen molar-refractivity contribution in [2.24, 2.45) is 9.54 Å². The normalized spacial score (nSPS) is 15.6. The smallest absolute Gasteiger partial charge is 0.258 e. The van der Waals surface area contributed by atoms with Gasteiger partial charge in [-0.25, -0.2) is 8.97 Å². The Morgan fingerprint density at radius 1 is 1.27 bits per heavy atom. The summed E-state index contributed by atoms with van der Waals surface area (Å²) in [6.07, 6.45) is 6.47. The molecule has 0 aliphatic carbocycles. The van der Waals surface area contributed by atoms with Crippen molar-refractivity contribution in [3.8, 4) is 0 Å². The van der Waals surface area contributed by atoms with Crippen LogP contribution in [-0.2, 0) is 6.42 Å². The van der Waals surface area contributed by atoms with Gasteiger partial charge in [0, 0.05) is 30.9 Å². The number of nitro groups is 2. The first-order chi connectivity index (χ1) is 14.4. The highest BCUT2D eigenvalue weighted by molar-refractivity contribution is 7.95. The lowest BCUT2D eigenvalue weighted by Gasteiger charge is -2.12. The Morgan fingerprint density at radius 3 is 2.63 bits per heavy atom. The summed E-state index contributed by atoms with van der Waals surface area (Å²) in [7, 11) is 0. The van der Waals surface area contributed by atoms with E-state index in [0.29, 0.717) is 17.4 Å². The van der Waals surface area contributed by atoms with Crippen LogP contribution in [0.3, 0.4) is 0 Å². The van der Waals surface area contributed by atoms with Gasteiger partial charge in [0.05, 0.1) is 33.8 Å². The fourth-order valence-corrected chi connectivity index (χ4v) is 3.89. The van der Waals surface area contributed by atoms with E-state index < -0.39 is 21.2 Å². The summed E-state index contributed by atoms with van der Waals surface area (Å²) in [5, 5.41) is 30.2. The molecule has 0 radical (unpaired) electrons. The molecule has 2 N–H and O–H groups in total. The number of benzene rings is 1. The monoisotopic (exact) mass is 434 g/mol. The largest absolute Gasteiger partial charge is 0.350 e. The molecule has 0 saturated carbocycles. The minimum Gasteiger partial charge on any atom is -0.258 e. The molecule has 0 fully saturated rings. The summed E-state index contributed by atoms with van der Waals surface area (Å²) in [5.74, 6) is 0. The van der Waals surface area contributed by atoms with Crippen molar-refractivity contribution >= 4 is 23.9 Å². The number of nitrogens with zero attached hydrogens (tertiary/aromatic N) is 4. The van der Waals surface area contributed by atoms with E-state index >= 15 is 0 Å². The predicted octanol–water partition coefficient (Wildman–Crippen LogP) is 2.23. The quantitative estimate of drug-likeness (QED) is 0.150. The van der Waals surface area contributed by atoms with E-state index in [1.165, 1.54) is 19.6 Å². The van der Waals surface area contributed by atoms with Gasteiger partial charge in [0.1, 0.15) is 13.1 Å². The summed E-state index contributed by atoms with van der Waals surface area (Å²) in [5.41, 5.74) is 0.180. The maximum Gasteiger partial charge on any atom is 0.350 e. The van der Waals surface area contributed by atoms with E-state index in [1.807, 2.05) is 12.1 Å². The molecule has 1 aliphatic rings. The summed E-state index contributed by atoms with van der Waals surface area (Å²) in [6.45, 7) is 5.66. The van der Waals surface area contributed by atoms with Gasteiger partial charge in [-0.15, -0.1) is 0 Å². The van der Waals surface area contributed by atoms with E-state index in [0.717, 1.165) is 49.7 Å². The molecular formula is C20H28N5O4S+. The highest BCUT2D eigenvalue weighted by Crippen LogP contribution is 2.19. The number of nitrogens with two attached hydrogens (primary N) is 1. The van der Waals surface area contributed by atoms with Crippen LogP contribution in [0.15, 0.2) is 34.0 Å². The second kappa shape index (κ2) is 11.6. The van der Waals surface area contributed by atoms with Gasteiger partial charge in [-0.2, -0.15) is 0 Å². The Balaban J connectivity index is 2.76. The van der Waals surface area contributed by atoms with Crippen LogP contribution in [0.4, 0.5) is 0 Å². The van der Waals surface area contributed by atoms with Crippen LogP contribution in [0.2, 0.25) is 0 Å². The Morgan fingerprint density at radius 2 is 2.03 bits per heavy atom. The third-order valence-corrected chi connectivity index (χ3v) is 5.37. The molecule has 0 atom stereocenters. The van der Waals surface area contributed by atoms with Crippen LogP contribution in [0, 0.1) is 20.2 Å². The molecule has 1 aromatic rings. The molecule has 10 heteroatoms. The summed E-state index contributed by atoms with van der Waals surface area (Å²) >= 11 is 0.647. The maximum atomic E-state index is 11.8. The zero-order valence-corrected chi connectivity index (χ0v) is 18.2. The number of unbranched alkanes of at least 4 members (excludes halogenated alkanes) is 2. The van der Waals surface area contributed by atoms with Crippen LogP contribution in [0.5, 0.6) is 0 Å². The van der Waals surface area contributed by atoms with E-state index in [2.05, 4.69) is 15.9 Å². The van der Waals surface area contributed by atoms with E-state index in [-0.39, 0.29) is 12.0 Å². The molecule has 0 unspecified atom stereocenters. The lowest BCUT2D eigenvalue weighted by atomic mass is 10.0. The Bertz CT molecular complexity index is 987. The Hall–Kier alpha value is -2.59. The molecule has 0 amide bonds. The highest BCUT2D eigenvalue weighted by atomic mass is 32.2. The van der Waals surface area contributed by atoms with E-state index in [4.69, 9.17) is 5.14 Å². The number of aryl methyl sites for hydroxylation is 1. The second-order valence-corrected chi connectivity index (χ2v) is 7.48. The molecule has 0 spiro atoms. The minimum absolute atomic E-state index is 0.0768. The Kier molecular flexibility index (Phi) is 9.13. The molecular weight excluding hydrogens is 406 g/mol. The molecule has 9 nitrogen and oxygen atoms in total. The first-order valence-corrected chi connectivity index (χ1v) is 10.9. The maximum absolute atomic E-state index is 11.8. The van der Waals surface area contributed by atoms with Crippen LogP contribution in [0.1, 0.15) is 51.5 Å². The number of hydrogen-bond acceptors (Lipinski definition) is 7. The number of hydrogen-bond donors (Lipinski definition) is 1. The van der Waals surface area contributed by atoms with Crippen LogP contribution in [-0.4, -0.2) is 29.2 Å². The van der Waals surface area contributed by atoms with Crippen LogP contribution >= 0.6 is 12.1 Å². The number of allylic oxidation sites excluding steroid dienone is 2. The van der Waals surface area contributed by atoms with E-state index in [9.17, 15) is 20.2 Å². The number of fused-ring (bicyclic) bond motifs is 1. The minimum atomic E-state index is -0.708. The fourth-order valence-electron chi connectivity index (χ4n) is 3.73. The zero-order chi connectivity index (χ0) is 22.1. The van der Waals surface area contributed by atoms with Crippen molar-refractivity contribution in [3.63, 3.8) is 0 Å². The van der Waals surface area contributed by atoms with Crippen molar-refractivity contribution in [1.29, 1.82) is 0 Å². The predicted molar refractivity (Wildman–Crippen MR) is 119 cm³/mol. The van der Waals surface area contributed by atoms with Crippen molar-refractivity contribution in [2.45, 2.75) is 52.4 Å². The van der Waals surface area contributed by atoms with Gasteiger partial charge in [-0.3, -0.25) is 25.4 Å². The van der Waals surface area contributed by atoms with Crippen molar-refractivity contribution in [3.05, 3.63) is 66.0 Å². The standard InChI is InChI=1S/C20H28N5O4S/c1-3-5-6-11-23-12-7-8-16-13-15(9-10-19(16)23)17(14-22-30-21)20(25(28)29)18(4-2)24(26)27/h9-10,13-14H,3-8,11-12,21H2,1-2H3/q+1/b17-15+,20-18-,22-14+. The molecule has 1 aliphatic heterocycles.